The highest BCUT2D eigenvalue weighted by Gasteiger charge is 2.45. The fourth-order valence-electron chi connectivity index (χ4n) is 6.02. The Morgan fingerprint density at radius 3 is 2.47 bits per heavy atom. The Labute approximate surface area is 208 Å². The summed E-state index contributed by atoms with van der Waals surface area (Å²) < 4.78 is 0. The summed E-state index contributed by atoms with van der Waals surface area (Å²) in [6.45, 7) is 2.15. The number of halogens is 1. The van der Waals surface area contributed by atoms with Gasteiger partial charge in [-0.25, -0.2) is 4.79 Å². The second kappa shape index (κ2) is 11.3. The van der Waals surface area contributed by atoms with E-state index in [2.05, 4.69) is 10.6 Å². The fourth-order valence-corrected chi connectivity index (χ4v) is 6.22. The molecule has 0 radical (unpaired) electrons. The van der Waals surface area contributed by atoms with Crippen LogP contribution in [-0.4, -0.2) is 58.9 Å². The first-order valence-electron chi connectivity index (χ1n) is 12.2. The lowest BCUT2D eigenvalue weighted by molar-refractivity contribution is 0.0681. The lowest BCUT2D eigenvalue weighted by Crippen LogP contribution is -2.45. The lowest BCUT2D eigenvalue weighted by Gasteiger charge is -2.45. The van der Waals surface area contributed by atoms with Gasteiger partial charge in [-0.3, -0.25) is 9.69 Å². The van der Waals surface area contributed by atoms with Crippen molar-refractivity contribution >= 4 is 23.6 Å². The number of hydrogen-bond acceptors (Lipinski definition) is 4. The van der Waals surface area contributed by atoms with Gasteiger partial charge in [0.2, 0.25) is 0 Å². The number of aliphatic hydroxyl groups excluding tert-OH is 1. The third-order valence-electron chi connectivity index (χ3n) is 7.83. The summed E-state index contributed by atoms with van der Waals surface area (Å²) in [6.07, 6.45) is 9.35. The van der Waals surface area contributed by atoms with Crippen LogP contribution in [0.3, 0.4) is 0 Å². The second-order valence-corrected chi connectivity index (χ2v) is 10.9. The predicted molar refractivity (Wildman–Crippen MR) is 134 cm³/mol. The summed E-state index contributed by atoms with van der Waals surface area (Å²) in [5.74, 6) is 0.683. The first-order valence-corrected chi connectivity index (χ1v) is 12.6. The maximum absolute atomic E-state index is 13.1. The van der Waals surface area contributed by atoms with E-state index in [4.69, 9.17) is 16.7 Å². The molecule has 3 aliphatic carbocycles. The number of aliphatic hydroxyl groups is 1. The number of fused-ring (bicyclic) bond motifs is 2. The number of carbonyl (C=O) groups excluding carboxylic acids is 1. The van der Waals surface area contributed by atoms with Gasteiger partial charge in [0.15, 0.2) is 0 Å². The van der Waals surface area contributed by atoms with Crippen LogP contribution in [0.5, 0.6) is 0 Å². The quantitative estimate of drug-likeness (QED) is 0.379. The number of hydrogen-bond donors (Lipinski definition) is 4. The molecule has 3 aliphatic rings. The van der Waals surface area contributed by atoms with E-state index in [1.54, 1.807) is 6.07 Å². The Balaban J connectivity index is 0.00000324. The van der Waals surface area contributed by atoms with Crippen LogP contribution in [0.1, 0.15) is 81.1 Å². The molecule has 190 valence electrons. The number of carbonyl (C=O) groups is 2. The van der Waals surface area contributed by atoms with Crippen LogP contribution in [0.2, 0.25) is 5.02 Å². The van der Waals surface area contributed by atoms with E-state index in [1.165, 1.54) is 44.9 Å². The summed E-state index contributed by atoms with van der Waals surface area (Å²) in [7, 11) is 0. The molecule has 0 spiro atoms. The van der Waals surface area contributed by atoms with Crippen molar-refractivity contribution in [2.75, 3.05) is 26.2 Å². The Morgan fingerprint density at radius 2 is 1.85 bits per heavy atom. The van der Waals surface area contributed by atoms with E-state index in [0.717, 1.165) is 24.3 Å². The molecular weight excluding hydrogens is 454 g/mol. The van der Waals surface area contributed by atoms with Gasteiger partial charge in [0.1, 0.15) is 0 Å². The topological polar surface area (TPSA) is 102 Å². The molecule has 0 aliphatic heterocycles. The van der Waals surface area contributed by atoms with E-state index in [0.29, 0.717) is 36.8 Å². The van der Waals surface area contributed by atoms with Gasteiger partial charge in [-0.1, -0.05) is 50.8 Å². The number of carboxylic acid groups (broad SMARTS) is 1. The minimum atomic E-state index is -1.02. The van der Waals surface area contributed by atoms with Crippen molar-refractivity contribution in [1.82, 2.24) is 15.5 Å². The molecule has 4 N–H and O–H groups in total. The number of rotatable bonds is 10. The van der Waals surface area contributed by atoms with Crippen molar-refractivity contribution in [3.05, 3.63) is 34.3 Å². The normalized spacial score (nSPS) is 24.7. The van der Waals surface area contributed by atoms with Gasteiger partial charge < -0.3 is 20.8 Å². The second-order valence-electron chi connectivity index (χ2n) is 10.5. The molecule has 0 heterocycles. The average molecular weight is 494 g/mol. The van der Waals surface area contributed by atoms with Gasteiger partial charge in [-0.05, 0) is 61.1 Å². The van der Waals surface area contributed by atoms with Gasteiger partial charge in [-0.15, -0.1) is 0 Å². The van der Waals surface area contributed by atoms with Crippen LogP contribution in [0.25, 0.3) is 0 Å². The van der Waals surface area contributed by atoms with Gasteiger partial charge in [0, 0.05) is 26.2 Å². The number of nitrogens with zero attached hydrogens (tertiary/aromatic N) is 1. The molecule has 0 unspecified atom stereocenters. The van der Waals surface area contributed by atoms with E-state index < -0.39 is 11.6 Å². The van der Waals surface area contributed by atoms with Gasteiger partial charge >= 0.3 is 6.09 Å². The van der Waals surface area contributed by atoms with Crippen molar-refractivity contribution in [2.45, 2.75) is 77.3 Å². The van der Waals surface area contributed by atoms with Crippen molar-refractivity contribution in [1.29, 1.82) is 0 Å². The largest absolute Gasteiger partial charge is 0.465 e. The highest BCUT2D eigenvalue weighted by molar-refractivity contribution is 6.33. The Morgan fingerprint density at radius 1 is 1.15 bits per heavy atom. The van der Waals surface area contributed by atoms with Crippen molar-refractivity contribution in [3.63, 3.8) is 0 Å². The molecule has 1 aromatic rings. The molecule has 4 rings (SSSR count). The molecule has 34 heavy (non-hydrogen) atoms. The zero-order valence-corrected chi connectivity index (χ0v) is 20.0. The SMILES string of the molecule is C.O=C(O)NC1(CN(CCO)Cc2ccc(Cl)c(C(=O)NCC34CCCC(CCC3)C4)c2)CC1. The molecular formula is C26H40ClN3O4. The third-order valence-corrected chi connectivity index (χ3v) is 8.16. The molecule has 2 amide bonds. The smallest absolute Gasteiger partial charge is 0.405 e. The Hall–Kier alpha value is -1.83. The standard InChI is InChI=1S/C25H36ClN3O4.CH4/c26-21-6-5-19(15-29(11-12-30)17-25(9-10-25)28-23(32)33)13-20(21)22(31)27-16-24-7-1-3-18(14-24)4-2-8-24;/h5-6,13,18,28,30H,1-4,7-12,14-17H2,(H,27,31)(H,32,33);1H4. The van der Waals surface area contributed by atoms with Gasteiger partial charge in [-0.2, -0.15) is 0 Å². The molecule has 0 atom stereocenters. The molecule has 2 bridgehead atoms. The third kappa shape index (κ3) is 6.64. The summed E-state index contributed by atoms with van der Waals surface area (Å²) in [4.78, 5) is 26.2. The van der Waals surface area contributed by atoms with Crippen LogP contribution >= 0.6 is 11.6 Å². The first kappa shape index (κ1) is 26.8. The van der Waals surface area contributed by atoms with Gasteiger partial charge in [0.05, 0.1) is 22.7 Å². The van der Waals surface area contributed by atoms with Crippen LogP contribution in [0.4, 0.5) is 4.79 Å². The van der Waals surface area contributed by atoms with E-state index in [-0.39, 0.29) is 25.4 Å². The lowest BCUT2D eigenvalue weighted by atomic mass is 9.62. The zero-order valence-electron chi connectivity index (χ0n) is 19.2. The summed E-state index contributed by atoms with van der Waals surface area (Å²) in [5.41, 5.74) is 1.19. The molecule has 1 aromatic carbocycles. The Kier molecular flexibility index (Phi) is 8.87. The maximum atomic E-state index is 13.1. The summed E-state index contributed by atoms with van der Waals surface area (Å²) >= 11 is 6.40. The van der Waals surface area contributed by atoms with E-state index in [1.807, 2.05) is 17.0 Å². The molecule has 7 nitrogen and oxygen atoms in total. The fraction of sp³-hybridized carbons (Fsp3) is 0.692. The van der Waals surface area contributed by atoms with Crippen LogP contribution < -0.4 is 10.6 Å². The molecule has 8 heteroatoms. The molecule has 3 saturated carbocycles. The van der Waals surface area contributed by atoms with Crippen LogP contribution in [-0.2, 0) is 6.54 Å². The van der Waals surface area contributed by atoms with Gasteiger partial charge in [0.25, 0.3) is 5.91 Å². The molecule has 0 aromatic heterocycles. The molecule has 3 fully saturated rings. The van der Waals surface area contributed by atoms with Crippen molar-refractivity contribution in [2.24, 2.45) is 11.3 Å². The minimum Gasteiger partial charge on any atom is -0.465 e. The predicted octanol–water partition coefficient (Wildman–Crippen LogP) is 4.66. The highest BCUT2D eigenvalue weighted by Crippen LogP contribution is 2.48. The molecule has 0 saturated heterocycles. The summed E-state index contributed by atoms with van der Waals surface area (Å²) in [6, 6.07) is 5.47. The Bertz CT molecular complexity index is 864. The van der Waals surface area contributed by atoms with Crippen LogP contribution in [0.15, 0.2) is 18.2 Å². The number of amides is 2. The minimum absolute atomic E-state index is 0. The summed E-state index contributed by atoms with van der Waals surface area (Å²) in [5, 5.41) is 24.8. The monoisotopic (exact) mass is 493 g/mol. The number of nitrogens with one attached hydrogen (secondary N) is 2. The van der Waals surface area contributed by atoms with Crippen molar-refractivity contribution < 1.29 is 19.8 Å². The average Bonchev–Trinajstić information content (AvgIpc) is 3.51. The van der Waals surface area contributed by atoms with Crippen molar-refractivity contribution in [3.8, 4) is 0 Å². The highest BCUT2D eigenvalue weighted by atomic mass is 35.5. The maximum Gasteiger partial charge on any atom is 0.405 e. The number of benzene rings is 1. The van der Waals surface area contributed by atoms with E-state index in [9.17, 15) is 14.7 Å². The first-order chi connectivity index (χ1) is 15.8. The zero-order chi connectivity index (χ0) is 23.5. The van der Waals surface area contributed by atoms with Crippen LogP contribution in [0, 0.1) is 11.3 Å². The van der Waals surface area contributed by atoms with E-state index >= 15 is 0 Å².